The maximum absolute atomic E-state index is 13.1. The Morgan fingerprint density at radius 3 is 2.46 bits per heavy atom. The van der Waals surface area contributed by atoms with E-state index in [2.05, 4.69) is 21.7 Å². The molecule has 2 rings (SSSR count). The molecule has 0 fully saturated rings. The summed E-state index contributed by atoms with van der Waals surface area (Å²) < 4.78 is 18.4. The van der Waals surface area contributed by atoms with Gasteiger partial charge in [-0.3, -0.25) is 4.99 Å². The highest BCUT2D eigenvalue weighted by atomic mass is 127. The zero-order valence-corrected chi connectivity index (χ0v) is 17.8. The number of aliphatic imine (C=N–C) groups is 1. The van der Waals surface area contributed by atoms with Gasteiger partial charge in [-0.2, -0.15) is 0 Å². The molecule has 0 aliphatic heterocycles. The zero-order chi connectivity index (χ0) is 18.1. The van der Waals surface area contributed by atoms with Crippen LogP contribution in [-0.2, 0) is 12.8 Å². The minimum Gasteiger partial charge on any atom is -0.497 e. The summed E-state index contributed by atoms with van der Waals surface area (Å²) in [4.78, 5) is 4.23. The highest BCUT2D eigenvalue weighted by Crippen LogP contribution is 2.12. The van der Waals surface area contributed by atoms with Crippen LogP contribution in [0.15, 0.2) is 47.5 Å². The number of benzene rings is 2. The predicted octanol–water partition coefficient (Wildman–Crippen LogP) is 3.71. The predicted molar refractivity (Wildman–Crippen MR) is 116 cm³/mol. The number of guanidine groups is 1. The van der Waals surface area contributed by atoms with Gasteiger partial charge >= 0.3 is 0 Å². The van der Waals surface area contributed by atoms with Gasteiger partial charge in [-0.1, -0.05) is 18.2 Å². The van der Waals surface area contributed by atoms with Gasteiger partial charge in [0.25, 0.3) is 0 Å². The number of nitrogens with one attached hydrogen (secondary N) is 2. The van der Waals surface area contributed by atoms with E-state index in [4.69, 9.17) is 4.74 Å². The normalized spacial score (nSPS) is 10.8. The number of rotatable bonds is 7. The molecule has 0 heterocycles. The van der Waals surface area contributed by atoms with Crippen LogP contribution in [0.1, 0.15) is 16.7 Å². The van der Waals surface area contributed by atoms with Crippen molar-refractivity contribution in [2.24, 2.45) is 4.99 Å². The number of aryl methyl sites for hydroxylation is 1. The Bertz CT molecular complexity index is 722. The minimum atomic E-state index is -0.191. The Hall–Kier alpha value is -1.83. The van der Waals surface area contributed by atoms with Crippen molar-refractivity contribution in [1.29, 1.82) is 0 Å². The molecule has 0 aromatic heterocycles. The molecule has 0 radical (unpaired) electrons. The van der Waals surface area contributed by atoms with Crippen LogP contribution in [0.25, 0.3) is 0 Å². The van der Waals surface area contributed by atoms with E-state index in [1.807, 2.05) is 31.2 Å². The summed E-state index contributed by atoms with van der Waals surface area (Å²) >= 11 is 0. The van der Waals surface area contributed by atoms with Gasteiger partial charge < -0.3 is 15.4 Å². The van der Waals surface area contributed by atoms with Gasteiger partial charge in [-0.05, 0) is 60.7 Å². The fourth-order valence-electron chi connectivity index (χ4n) is 2.63. The number of methoxy groups -OCH3 is 1. The third-order valence-electron chi connectivity index (χ3n) is 4.06. The smallest absolute Gasteiger partial charge is 0.190 e. The molecule has 2 N–H and O–H groups in total. The molecule has 4 nitrogen and oxygen atoms in total. The van der Waals surface area contributed by atoms with Crippen LogP contribution < -0.4 is 15.4 Å². The van der Waals surface area contributed by atoms with Crippen molar-refractivity contribution in [3.05, 3.63) is 65.0 Å². The van der Waals surface area contributed by atoms with E-state index in [0.29, 0.717) is 0 Å². The summed E-state index contributed by atoms with van der Waals surface area (Å²) in [5, 5.41) is 6.59. The van der Waals surface area contributed by atoms with Crippen molar-refractivity contribution in [1.82, 2.24) is 10.6 Å². The monoisotopic (exact) mass is 471 g/mol. The van der Waals surface area contributed by atoms with E-state index in [0.717, 1.165) is 48.8 Å². The number of ether oxygens (including phenoxy) is 1. The molecule has 0 amide bonds. The maximum atomic E-state index is 13.1. The SMILES string of the molecule is CN=C(NCCc1cccc(OC)c1)NCCc1ccc(F)cc1C.I. The standard InChI is InChI=1S/C20H26FN3O.HI/c1-15-13-18(21)8-7-17(15)10-12-24-20(22-2)23-11-9-16-5-4-6-19(14-16)25-3;/h4-8,13-14H,9-12H2,1-3H3,(H2,22,23,24);1H. The molecule has 0 saturated heterocycles. The van der Waals surface area contributed by atoms with Crippen molar-refractivity contribution in [2.75, 3.05) is 27.2 Å². The first kappa shape index (κ1) is 22.2. The summed E-state index contributed by atoms with van der Waals surface area (Å²) in [6, 6.07) is 13.0. The molecule has 0 aliphatic rings. The molecular weight excluding hydrogens is 444 g/mol. The third kappa shape index (κ3) is 7.19. The van der Waals surface area contributed by atoms with Crippen LogP contribution in [0.4, 0.5) is 4.39 Å². The summed E-state index contributed by atoms with van der Waals surface area (Å²) in [6.45, 7) is 3.45. The minimum absolute atomic E-state index is 0. The third-order valence-corrected chi connectivity index (χ3v) is 4.06. The fraction of sp³-hybridized carbons (Fsp3) is 0.350. The van der Waals surface area contributed by atoms with Crippen molar-refractivity contribution in [2.45, 2.75) is 19.8 Å². The number of hydrogen-bond donors (Lipinski definition) is 2. The van der Waals surface area contributed by atoms with E-state index < -0.39 is 0 Å². The van der Waals surface area contributed by atoms with Crippen molar-refractivity contribution >= 4 is 29.9 Å². The van der Waals surface area contributed by atoms with Gasteiger partial charge in [-0.15, -0.1) is 24.0 Å². The largest absolute Gasteiger partial charge is 0.497 e. The van der Waals surface area contributed by atoms with Crippen LogP contribution in [0.2, 0.25) is 0 Å². The second-order valence-corrected chi connectivity index (χ2v) is 5.85. The topological polar surface area (TPSA) is 45.7 Å². The number of nitrogens with zero attached hydrogens (tertiary/aromatic N) is 1. The summed E-state index contributed by atoms with van der Waals surface area (Å²) in [6.07, 6.45) is 1.71. The van der Waals surface area contributed by atoms with Gasteiger partial charge in [0, 0.05) is 20.1 Å². The Balaban J connectivity index is 0.00000338. The van der Waals surface area contributed by atoms with Crippen LogP contribution in [0, 0.1) is 12.7 Å². The lowest BCUT2D eigenvalue weighted by molar-refractivity contribution is 0.414. The maximum Gasteiger partial charge on any atom is 0.190 e. The molecule has 0 saturated carbocycles. The second kappa shape index (κ2) is 11.7. The van der Waals surface area contributed by atoms with E-state index in [1.54, 1.807) is 20.2 Å². The molecule has 2 aromatic rings. The van der Waals surface area contributed by atoms with Crippen LogP contribution in [0.5, 0.6) is 5.75 Å². The van der Waals surface area contributed by atoms with Crippen molar-refractivity contribution in [3.63, 3.8) is 0 Å². The van der Waals surface area contributed by atoms with E-state index in [-0.39, 0.29) is 29.8 Å². The van der Waals surface area contributed by atoms with Crippen LogP contribution >= 0.6 is 24.0 Å². The quantitative estimate of drug-likeness (QED) is 0.368. The summed E-state index contributed by atoms with van der Waals surface area (Å²) in [7, 11) is 3.43. The van der Waals surface area contributed by atoms with Gasteiger partial charge in [0.15, 0.2) is 5.96 Å². The first-order chi connectivity index (χ1) is 12.1. The van der Waals surface area contributed by atoms with Crippen molar-refractivity contribution < 1.29 is 9.13 Å². The fourth-order valence-corrected chi connectivity index (χ4v) is 2.63. The molecule has 142 valence electrons. The molecule has 0 spiro atoms. The van der Waals surface area contributed by atoms with E-state index in [1.165, 1.54) is 11.6 Å². The van der Waals surface area contributed by atoms with Gasteiger partial charge in [0.1, 0.15) is 11.6 Å². The Morgan fingerprint density at radius 2 is 1.81 bits per heavy atom. The Morgan fingerprint density at radius 1 is 1.08 bits per heavy atom. The van der Waals surface area contributed by atoms with Gasteiger partial charge in [-0.25, -0.2) is 4.39 Å². The molecule has 0 atom stereocenters. The molecular formula is C20H27FIN3O. The summed E-state index contributed by atoms with van der Waals surface area (Å²) in [5.74, 6) is 1.45. The van der Waals surface area contributed by atoms with E-state index in [9.17, 15) is 4.39 Å². The Labute approximate surface area is 172 Å². The number of hydrogen-bond acceptors (Lipinski definition) is 2. The molecule has 26 heavy (non-hydrogen) atoms. The Kier molecular flexibility index (Phi) is 10.0. The van der Waals surface area contributed by atoms with E-state index >= 15 is 0 Å². The molecule has 0 bridgehead atoms. The molecule has 6 heteroatoms. The zero-order valence-electron chi connectivity index (χ0n) is 15.5. The first-order valence-electron chi connectivity index (χ1n) is 8.45. The average Bonchev–Trinajstić information content (AvgIpc) is 2.62. The lowest BCUT2D eigenvalue weighted by atomic mass is 10.1. The van der Waals surface area contributed by atoms with Crippen LogP contribution in [-0.4, -0.2) is 33.2 Å². The molecule has 2 aromatic carbocycles. The lowest BCUT2D eigenvalue weighted by Gasteiger charge is -2.13. The highest BCUT2D eigenvalue weighted by Gasteiger charge is 2.02. The average molecular weight is 471 g/mol. The van der Waals surface area contributed by atoms with Gasteiger partial charge in [0.2, 0.25) is 0 Å². The molecule has 0 unspecified atom stereocenters. The lowest BCUT2D eigenvalue weighted by Crippen LogP contribution is -2.39. The highest BCUT2D eigenvalue weighted by molar-refractivity contribution is 14.0. The molecule has 0 aliphatic carbocycles. The van der Waals surface area contributed by atoms with Gasteiger partial charge in [0.05, 0.1) is 7.11 Å². The number of halogens is 2. The van der Waals surface area contributed by atoms with Crippen molar-refractivity contribution in [3.8, 4) is 5.75 Å². The van der Waals surface area contributed by atoms with Crippen LogP contribution in [0.3, 0.4) is 0 Å². The summed E-state index contributed by atoms with van der Waals surface area (Å²) in [5.41, 5.74) is 3.33. The first-order valence-corrected chi connectivity index (χ1v) is 8.45. The second-order valence-electron chi connectivity index (χ2n) is 5.85.